The van der Waals surface area contributed by atoms with Gasteiger partial charge in [-0.15, -0.1) is 0 Å². The van der Waals surface area contributed by atoms with Gasteiger partial charge in [0, 0.05) is 22.7 Å². The molecule has 0 amide bonds. The van der Waals surface area contributed by atoms with Crippen LogP contribution in [0, 0.1) is 34.1 Å². The van der Waals surface area contributed by atoms with Crippen molar-refractivity contribution in [2.75, 3.05) is 49.4 Å². The lowest BCUT2D eigenvalue weighted by molar-refractivity contribution is -0.133. The van der Waals surface area contributed by atoms with E-state index in [0.717, 1.165) is 102 Å². The van der Waals surface area contributed by atoms with Crippen molar-refractivity contribution in [1.82, 2.24) is 0 Å². The maximum atomic E-state index is 16.7. The van der Waals surface area contributed by atoms with Gasteiger partial charge in [0.05, 0.1) is 61.3 Å². The molecule has 2 unspecified atom stereocenters. The monoisotopic (exact) mass is 1270 g/mol. The van der Waals surface area contributed by atoms with E-state index in [1.54, 1.807) is 9.80 Å². The molecule has 0 saturated carbocycles. The van der Waals surface area contributed by atoms with Crippen LogP contribution >= 0.6 is 0 Å². The number of para-hydroxylation sites is 2. The Hall–Kier alpha value is -10.5. The fourth-order valence-corrected chi connectivity index (χ4v) is 15.2. The Morgan fingerprint density at radius 2 is 0.646 bits per heavy atom. The Kier molecular flexibility index (Phi) is 15.3. The van der Waals surface area contributed by atoms with Crippen LogP contribution in [0.5, 0.6) is 11.5 Å². The molecule has 474 valence electrons. The van der Waals surface area contributed by atoms with Crippen LogP contribution in [0.15, 0.2) is 279 Å². The predicted octanol–water partition coefficient (Wildman–Crippen LogP) is 21.2. The third kappa shape index (κ3) is 9.90. The second kappa shape index (κ2) is 24.4. The second-order valence-electron chi connectivity index (χ2n) is 26.0. The molecule has 0 bridgehead atoms. The lowest BCUT2D eigenvalue weighted by Gasteiger charge is -2.40. The van der Waals surface area contributed by atoms with Crippen LogP contribution in [0.2, 0.25) is 0 Å². The molecule has 4 aliphatic rings. The minimum Gasteiger partial charge on any atom is -0.493 e. The van der Waals surface area contributed by atoms with Gasteiger partial charge in [-0.1, -0.05) is 196 Å². The van der Waals surface area contributed by atoms with Gasteiger partial charge < -0.3 is 28.7 Å². The Bertz CT molecular complexity index is 4510. The van der Waals surface area contributed by atoms with Gasteiger partial charge in [-0.2, -0.15) is 0 Å². The normalized spacial score (nSPS) is 17.4. The van der Waals surface area contributed by atoms with Crippen LogP contribution in [0.1, 0.15) is 71.2 Å². The molecule has 2 aliphatic heterocycles. The highest BCUT2D eigenvalue weighted by Crippen LogP contribution is 2.60. The van der Waals surface area contributed by atoms with Gasteiger partial charge in [0.15, 0.2) is 0 Å². The van der Waals surface area contributed by atoms with Gasteiger partial charge in [-0.05, 0) is 188 Å². The average Bonchev–Trinajstić information content (AvgIpc) is 1.53. The molecule has 0 radical (unpaired) electrons. The predicted molar refractivity (Wildman–Crippen MR) is 374 cm³/mol. The van der Waals surface area contributed by atoms with E-state index in [0.29, 0.717) is 62.4 Å². The SMILES string of the molecule is CCC1(COc2ccc(C3(c4ccccc4)c4ccccc4-c4ccc(N(c5ccc(-c6ccc(N(c7ccc8c(c7)C(c7ccccc7)(c7ccc(OCC9(CC)COC9)cc7)c7ccccc7-8)c7c(F)cccc7F)cc6)cc5)c5c(F)cccc5F)cc43)cc2)COC1. The first-order valence-electron chi connectivity index (χ1n) is 33.0. The summed E-state index contributed by atoms with van der Waals surface area (Å²) in [5.41, 5.74) is 13.9. The van der Waals surface area contributed by atoms with E-state index in [1.807, 2.05) is 133 Å². The maximum Gasteiger partial charge on any atom is 0.150 e. The number of fused-ring (bicyclic) bond motifs is 6. The highest BCUT2D eigenvalue weighted by atomic mass is 19.1. The minimum absolute atomic E-state index is 0.00585. The first kappa shape index (κ1) is 60.4. The van der Waals surface area contributed by atoms with E-state index in [-0.39, 0.29) is 22.2 Å². The fraction of sp³-hybridized carbons (Fsp3) is 0.163. The zero-order valence-corrected chi connectivity index (χ0v) is 53.3. The standard InChI is InChI=1S/C86H68F4N2O4/c1-3-83(51-93-52-83)55-95-67-43-33-61(34-44-67)85(59-17-7-5-8-18-59)73-23-13-11-21-69(73)71-47-41-65(49-75(71)85)91(81-77(87)25-15-26-78(81)88)63-37-29-57(30-38-63)58-31-39-64(40-32-58)92(82-79(89)27-16-28-80(82)90)66-42-48-72-70-22-12-14-24-74(70)86(76(72)50-66,60-19-9-6-10-20-60)62-35-45-68(46-36-62)96-56-84(4-2)53-94-54-84/h5-50H,3-4,51-56H2,1-2H3. The van der Waals surface area contributed by atoms with Gasteiger partial charge >= 0.3 is 0 Å². The van der Waals surface area contributed by atoms with Gasteiger partial charge in [-0.3, -0.25) is 0 Å². The molecule has 2 aliphatic carbocycles. The van der Waals surface area contributed by atoms with E-state index < -0.39 is 34.1 Å². The van der Waals surface area contributed by atoms with Crippen molar-refractivity contribution in [3.63, 3.8) is 0 Å². The Morgan fingerprint density at radius 1 is 0.323 bits per heavy atom. The molecule has 2 heterocycles. The summed E-state index contributed by atoms with van der Waals surface area (Å²) in [5.74, 6) is -1.37. The van der Waals surface area contributed by atoms with Crippen molar-refractivity contribution < 1.29 is 36.5 Å². The summed E-state index contributed by atoms with van der Waals surface area (Å²) in [5, 5.41) is 0. The van der Waals surface area contributed by atoms with E-state index in [9.17, 15) is 0 Å². The number of anilines is 6. The lowest BCUT2D eigenvalue weighted by Crippen LogP contribution is -2.46. The summed E-state index contributed by atoms with van der Waals surface area (Å²) in [6, 6.07) is 89.6. The van der Waals surface area contributed by atoms with E-state index >= 15 is 17.6 Å². The smallest absolute Gasteiger partial charge is 0.150 e. The Labute approximate surface area is 557 Å². The molecule has 2 atom stereocenters. The molecule has 6 nitrogen and oxygen atoms in total. The quantitative estimate of drug-likeness (QED) is 0.0752. The molecule has 10 heteroatoms. The van der Waals surface area contributed by atoms with Crippen molar-refractivity contribution in [1.29, 1.82) is 0 Å². The molecule has 0 spiro atoms. The summed E-state index contributed by atoms with van der Waals surface area (Å²) < 4.78 is 90.7. The third-order valence-corrected chi connectivity index (χ3v) is 20.7. The molecule has 2 saturated heterocycles. The number of halogens is 4. The van der Waals surface area contributed by atoms with Gasteiger partial charge in [0.1, 0.15) is 46.1 Å². The third-order valence-electron chi connectivity index (χ3n) is 20.7. The molecule has 16 rings (SSSR count). The Balaban J connectivity index is 0.770. The highest BCUT2D eigenvalue weighted by molar-refractivity contribution is 5.92. The molecule has 12 aromatic rings. The first-order chi connectivity index (χ1) is 47.0. The number of hydrogen-bond acceptors (Lipinski definition) is 6. The second-order valence-corrected chi connectivity index (χ2v) is 26.0. The molecule has 12 aromatic carbocycles. The Morgan fingerprint density at radius 3 is 0.990 bits per heavy atom. The van der Waals surface area contributed by atoms with Crippen molar-refractivity contribution >= 4 is 34.1 Å². The summed E-state index contributed by atoms with van der Waals surface area (Å²) in [6.45, 7) is 8.19. The summed E-state index contributed by atoms with van der Waals surface area (Å²) in [4.78, 5) is 3.31. The van der Waals surface area contributed by atoms with Gasteiger partial charge in [0.25, 0.3) is 0 Å². The number of rotatable bonds is 19. The molecule has 2 fully saturated rings. The summed E-state index contributed by atoms with van der Waals surface area (Å²) >= 11 is 0. The van der Waals surface area contributed by atoms with Crippen LogP contribution in [-0.2, 0) is 20.3 Å². The van der Waals surface area contributed by atoms with Crippen LogP contribution in [0.3, 0.4) is 0 Å². The lowest BCUT2D eigenvalue weighted by atomic mass is 9.67. The van der Waals surface area contributed by atoms with Crippen LogP contribution in [0.25, 0.3) is 33.4 Å². The number of nitrogens with zero attached hydrogens (tertiary/aromatic N) is 2. The summed E-state index contributed by atoms with van der Waals surface area (Å²) in [6.07, 6.45) is 1.93. The zero-order valence-electron chi connectivity index (χ0n) is 53.3. The molecule has 0 aromatic heterocycles. The minimum atomic E-state index is -0.844. The van der Waals surface area contributed by atoms with Crippen molar-refractivity contribution in [3.05, 3.63) is 347 Å². The van der Waals surface area contributed by atoms with E-state index in [1.165, 1.54) is 36.4 Å². The number of ether oxygens (including phenoxy) is 4. The van der Waals surface area contributed by atoms with E-state index in [4.69, 9.17) is 18.9 Å². The van der Waals surface area contributed by atoms with Gasteiger partial charge in [0.2, 0.25) is 0 Å². The van der Waals surface area contributed by atoms with Crippen molar-refractivity contribution in [2.45, 2.75) is 37.5 Å². The molecular formula is C86H68F4N2O4. The van der Waals surface area contributed by atoms with Crippen molar-refractivity contribution in [3.8, 4) is 44.9 Å². The summed E-state index contributed by atoms with van der Waals surface area (Å²) in [7, 11) is 0. The zero-order chi connectivity index (χ0) is 65.2. The fourth-order valence-electron chi connectivity index (χ4n) is 15.2. The first-order valence-corrected chi connectivity index (χ1v) is 33.0. The van der Waals surface area contributed by atoms with Gasteiger partial charge in [-0.25, -0.2) is 17.6 Å². The van der Waals surface area contributed by atoms with Crippen molar-refractivity contribution in [2.24, 2.45) is 10.8 Å². The molecule has 0 N–H and O–H groups in total. The molecule has 96 heavy (non-hydrogen) atoms. The largest absolute Gasteiger partial charge is 0.493 e. The topological polar surface area (TPSA) is 43.4 Å². The molecular weight excluding hydrogens is 1200 g/mol. The van der Waals surface area contributed by atoms with Crippen LogP contribution < -0.4 is 19.3 Å². The van der Waals surface area contributed by atoms with Crippen LogP contribution in [-0.4, -0.2) is 39.6 Å². The highest BCUT2D eigenvalue weighted by Gasteiger charge is 2.49. The van der Waals surface area contributed by atoms with E-state index in [2.05, 4.69) is 123 Å². The average molecular weight is 1270 g/mol. The van der Waals surface area contributed by atoms with Crippen LogP contribution in [0.4, 0.5) is 51.7 Å². The number of hydrogen-bond donors (Lipinski definition) is 0. The number of benzene rings is 12. The maximum absolute atomic E-state index is 16.7.